The van der Waals surface area contributed by atoms with Crippen molar-refractivity contribution in [2.45, 2.75) is 6.92 Å². The number of nitrogens with zero attached hydrogens (tertiary/aromatic N) is 2. The number of rotatable bonds is 5. The number of carboxylic acids is 1. The van der Waals surface area contributed by atoms with E-state index in [1.165, 1.54) is 10.6 Å². The number of carboxylic acid groups (broad SMARTS) is 1. The summed E-state index contributed by atoms with van der Waals surface area (Å²) in [6.45, 7) is 1.66. The quantitative estimate of drug-likeness (QED) is 0.741. The van der Waals surface area contributed by atoms with Crippen molar-refractivity contribution in [1.82, 2.24) is 9.38 Å². The van der Waals surface area contributed by atoms with E-state index in [0.717, 1.165) is 16.9 Å². The second-order valence-electron chi connectivity index (χ2n) is 5.40. The van der Waals surface area contributed by atoms with Gasteiger partial charge in [0.25, 0.3) is 5.56 Å². The minimum Gasteiger partial charge on any atom is -0.493 e. The molecule has 0 unspecified atom stereocenters. The van der Waals surface area contributed by atoms with E-state index in [9.17, 15) is 9.59 Å². The van der Waals surface area contributed by atoms with Gasteiger partial charge in [-0.2, -0.15) is 0 Å². The third-order valence-corrected chi connectivity index (χ3v) is 4.83. The van der Waals surface area contributed by atoms with E-state index in [4.69, 9.17) is 14.6 Å². The Morgan fingerprint density at radius 3 is 2.69 bits per heavy atom. The summed E-state index contributed by atoms with van der Waals surface area (Å²) in [6, 6.07) is 5.47. The fraction of sp³-hybridized carbons (Fsp3) is 0.167. The van der Waals surface area contributed by atoms with E-state index in [-0.39, 0.29) is 10.4 Å². The van der Waals surface area contributed by atoms with Crippen LogP contribution in [-0.2, 0) is 0 Å². The molecule has 1 aromatic carbocycles. The van der Waals surface area contributed by atoms with Gasteiger partial charge < -0.3 is 14.6 Å². The lowest BCUT2D eigenvalue weighted by atomic mass is 10.1. The normalized spacial score (nSPS) is 11.2. The molecule has 0 aliphatic rings. The lowest BCUT2D eigenvalue weighted by Gasteiger charge is -2.09. The number of aromatic carboxylic acids is 1. The van der Waals surface area contributed by atoms with Gasteiger partial charge in [0.05, 0.1) is 19.9 Å². The van der Waals surface area contributed by atoms with Gasteiger partial charge in [0.15, 0.2) is 16.5 Å². The van der Waals surface area contributed by atoms with Crippen LogP contribution in [0, 0.1) is 6.92 Å². The van der Waals surface area contributed by atoms with Crippen LogP contribution in [0.5, 0.6) is 11.5 Å². The van der Waals surface area contributed by atoms with Crippen molar-refractivity contribution in [2.24, 2.45) is 0 Å². The maximum Gasteiger partial charge on any atom is 0.347 e. The van der Waals surface area contributed by atoms with E-state index in [1.807, 2.05) is 12.1 Å². The van der Waals surface area contributed by atoms with Crippen LogP contribution >= 0.6 is 11.3 Å². The molecule has 2 heterocycles. The van der Waals surface area contributed by atoms with Crippen molar-refractivity contribution in [1.29, 1.82) is 0 Å². The van der Waals surface area contributed by atoms with Crippen LogP contribution in [0.1, 0.15) is 26.5 Å². The molecule has 26 heavy (non-hydrogen) atoms. The van der Waals surface area contributed by atoms with Crippen LogP contribution < -0.4 is 15.0 Å². The first kappa shape index (κ1) is 17.7. The van der Waals surface area contributed by atoms with Gasteiger partial charge in [-0.25, -0.2) is 9.78 Å². The number of fused-ring (bicyclic) bond motifs is 1. The van der Waals surface area contributed by atoms with Gasteiger partial charge in [0.2, 0.25) is 0 Å². The third-order valence-electron chi connectivity index (χ3n) is 3.86. The van der Waals surface area contributed by atoms with Crippen LogP contribution in [0.25, 0.3) is 17.1 Å². The molecule has 0 spiro atoms. The van der Waals surface area contributed by atoms with Gasteiger partial charge in [-0.15, -0.1) is 0 Å². The number of para-hydroxylation sites is 1. The Labute approximate surface area is 152 Å². The average Bonchev–Trinajstić information content (AvgIpc) is 3.07. The summed E-state index contributed by atoms with van der Waals surface area (Å²) in [6.07, 6.45) is 4.77. The van der Waals surface area contributed by atoms with Crippen LogP contribution in [-0.4, -0.2) is 34.7 Å². The van der Waals surface area contributed by atoms with E-state index >= 15 is 0 Å². The maximum absolute atomic E-state index is 12.5. The smallest absolute Gasteiger partial charge is 0.347 e. The summed E-state index contributed by atoms with van der Waals surface area (Å²) in [5, 5.41) is 9.10. The highest BCUT2D eigenvalue weighted by Crippen LogP contribution is 2.32. The molecule has 0 amide bonds. The molecular formula is C18H16N2O5S. The molecule has 0 atom stereocenters. The number of benzene rings is 1. The Morgan fingerprint density at radius 2 is 2.04 bits per heavy atom. The standard InChI is InChI=1S/C18H16N2O5S/c1-10-12(8-7-11-5-4-6-13(24-2)15(11)25-3)19-18-20(16(10)21)9-14(26-18)17(22)23/h4-9H,1-3H3,(H,22,23). The summed E-state index contributed by atoms with van der Waals surface area (Å²) in [7, 11) is 3.11. The SMILES string of the molecule is COc1cccc(C=Cc2nc3sc(C(=O)O)cn3c(=O)c2C)c1OC. The van der Waals surface area contributed by atoms with Gasteiger partial charge in [-0.1, -0.05) is 23.5 Å². The van der Waals surface area contributed by atoms with Gasteiger partial charge in [0, 0.05) is 17.3 Å². The number of hydrogen-bond acceptors (Lipinski definition) is 6. The fourth-order valence-electron chi connectivity index (χ4n) is 2.52. The number of thiazole rings is 1. The topological polar surface area (TPSA) is 90.1 Å². The zero-order chi connectivity index (χ0) is 18.8. The van der Waals surface area contributed by atoms with Crippen LogP contribution in [0.4, 0.5) is 0 Å². The number of methoxy groups -OCH3 is 2. The molecule has 2 aromatic heterocycles. The Morgan fingerprint density at radius 1 is 1.27 bits per heavy atom. The summed E-state index contributed by atoms with van der Waals surface area (Å²) in [4.78, 5) is 28.4. The minimum atomic E-state index is -1.09. The Balaban J connectivity index is 2.09. The highest BCUT2D eigenvalue weighted by Gasteiger charge is 2.14. The Hall–Kier alpha value is -3.13. The molecule has 3 rings (SSSR count). The Kier molecular flexibility index (Phi) is 4.77. The molecule has 8 heteroatoms. The monoisotopic (exact) mass is 372 g/mol. The van der Waals surface area contributed by atoms with Crippen LogP contribution in [0.2, 0.25) is 0 Å². The van der Waals surface area contributed by atoms with E-state index in [2.05, 4.69) is 4.98 Å². The number of ether oxygens (including phenoxy) is 2. The van der Waals surface area contributed by atoms with E-state index < -0.39 is 5.97 Å². The molecule has 0 radical (unpaired) electrons. The number of hydrogen-bond donors (Lipinski definition) is 1. The molecule has 0 saturated heterocycles. The lowest BCUT2D eigenvalue weighted by molar-refractivity contribution is 0.0701. The van der Waals surface area contributed by atoms with Crippen LogP contribution in [0.3, 0.4) is 0 Å². The van der Waals surface area contributed by atoms with Gasteiger partial charge >= 0.3 is 5.97 Å². The highest BCUT2D eigenvalue weighted by molar-refractivity contribution is 7.18. The number of aromatic nitrogens is 2. The second kappa shape index (κ2) is 7.01. The van der Waals surface area contributed by atoms with Crippen molar-refractivity contribution < 1.29 is 19.4 Å². The first-order valence-corrected chi connectivity index (χ1v) is 8.43. The average molecular weight is 372 g/mol. The fourth-order valence-corrected chi connectivity index (χ4v) is 3.34. The molecule has 0 saturated carbocycles. The first-order chi connectivity index (χ1) is 12.5. The summed E-state index contributed by atoms with van der Waals surface area (Å²) in [5.74, 6) is 0.0842. The largest absolute Gasteiger partial charge is 0.493 e. The number of carbonyl (C=O) groups is 1. The highest BCUT2D eigenvalue weighted by atomic mass is 32.1. The second-order valence-corrected chi connectivity index (χ2v) is 6.41. The molecule has 0 bridgehead atoms. The van der Waals surface area contributed by atoms with Crippen molar-refractivity contribution in [3.05, 3.63) is 56.4 Å². The molecular weight excluding hydrogens is 356 g/mol. The van der Waals surface area contributed by atoms with Crippen molar-refractivity contribution in [3.63, 3.8) is 0 Å². The summed E-state index contributed by atoms with van der Waals surface area (Å²) >= 11 is 0.952. The van der Waals surface area contributed by atoms with Crippen molar-refractivity contribution >= 4 is 34.4 Å². The van der Waals surface area contributed by atoms with Gasteiger partial charge in [-0.05, 0) is 25.1 Å². The molecule has 1 N–H and O–H groups in total. The molecule has 7 nitrogen and oxygen atoms in total. The molecule has 0 fully saturated rings. The lowest BCUT2D eigenvalue weighted by Crippen LogP contribution is -2.17. The van der Waals surface area contributed by atoms with Crippen molar-refractivity contribution in [2.75, 3.05) is 14.2 Å². The van der Waals surface area contributed by atoms with Gasteiger partial charge in [0.1, 0.15) is 4.88 Å². The van der Waals surface area contributed by atoms with Crippen LogP contribution in [0.15, 0.2) is 29.2 Å². The van der Waals surface area contributed by atoms with Crippen molar-refractivity contribution in [3.8, 4) is 11.5 Å². The third kappa shape index (κ3) is 3.06. The van der Waals surface area contributed by atoms with E-state index in [1.54, 1.807) is 39.4 Å². The molecule has 0 aliphatic carbocycles. The molecule has 134 valence electrons. The van der Waals surface area contributed by atoms with E-state index in [0.29, 0.717) is 27.7 Å². The first-order valence-electron chi connectivity index (χ1n) is 7.61. The predicted molar refractivity (Wildman–Crippen MR) is 99.5 cm³/mol. The maximum atomic E-state index is 12.5. The van der Waals surface area contributed by atoms with Gasteiger partial charge in [-0.3, -0.25) is 9.20 Å². The molecule has 0 aliphatic heterocycles. The zero-order valence-electron chi connectivity index (χ0n) is 14.3. The molecule has 3 aromatic rings. The minimum absolute atomic E-state index is 0.0598. The zero-order valence-corrected chi connectivity index (χ0v) is 15.2. The predicted octanol–water partition coefficient (Wildman–Crippen LogP) is 2.95. The summed E-state index contributed by atoms with van der Waals surface area (Å²) < 4.78 is 11.9. The summed E-state index contributed by atoms with van der Waals surface area (Å²) in [5.41, 5.74) is 1.37. The Bertz CT molecular complexity index is 1080.